The number of rotatable bonds is 5. The summed E-state index contributed by atoms with van der Waals surface area (Å²) >= 11 is 0. The molecule has 0 saturated carbocycles. The van der Waals surface area contributed by atoms with Crippen molar-refractivity contribution in [1.29, 1.82) is 0 Å². The fourth-order valence-electron chi connectivity index (χ4n) is 4.77. The zero-order chi connectivity index (χ0) is 23.4. The maximum absolute atomic E-state index is 13.6. The van der Waals surface area contributed by atoms with Crippen molar-refractivity contribution < 1.29 is 23.9 Å². The molecule has 3 aromatic carbocycles. The predicted molar refractivity (Wildman–Crippen MR) is 124 cm³/mol. The van der Waals surface area contributed by atoms with Crippen LogP contribution >= 0.6 is 0 Å². The molecular weight excluding hydrogens is 418 g/mol. The maximum atomic E-state index is 13.6. The highest BCUT2D eigenvalue weighted by atomic mass is 16.7. The molecule has 0 unspecified atom stereocenters. The number of anilines is 1. The van der Waals surface area contributed by atoms with Gasteiger partial charge in [0.05, 0.1) is 19.9 Å². The standard InChI is InChI=1S/C27H27NO5/c1-19-23(20-13-7-4-8-14-20)33-28(22-17-11-6-12-18-22)24(21-15-9-5-10-16-21)27(19,25(29)31-2)26(30)32-3/h4-19,23-24H,1-3H3/t19-,23-,24-/m1/s1. The first-order chi connectivity index (χ1) is 16.1. The van der Waals surface area contributed by atoms with Crippen LogP contribution in [0.25, 0.3) is 0 Å². The number of carbonyl (C=O) groups is 2. The van der Waals surface area contributed by atoms with Crippen molar-refractivity contribution in [3.8, 4) is 0 Å². The van der Waals surface area contributed by atoms with Crippen LogP contribution in [0, 0.1) is 11.3 Å². The number of hydroxylamine groups is 1. The lowest BCUT2D eigenvalue weighted by atomic mass is 9.64. The Balaban J connectivity index is 2.02. The van der Waals surface area contributed by atoms with Crippen molar-refractivity contribution in [3.05, 3.63) is 102 Å². The molecule has 0 N–H and O–H groups in total. The van der Waals surface area contributed by atoms with Gasteiger partial charge in [-0.25, -0.2) is 5.06 Å². The van der Waals surface area contributed by atoms with Gasteiger partial charge in [-0.2, -0.15) is 0 Å². The summed E-state index contributed by atoms with van der Waals surface area (Å²) < 4.78 is 10.6. The van der Waals surface area contributed by atoms with Gasteiger partial charge in [-0.3, -0.25) is 14.4 Å². The smallest absolute Gasteiger partial charge is 0.326 e. The number of benzene rings is 3. The molecule has 3 atom stereocenters. The molecule has 1 saturated heterocycles. The molecule has 0 aromatic heterocycles. The number of methoxy groups -OCH3 is 2. The summed E-state index contributed by atoms with van der Waals surface area (Å²) in [7, 11) is 2.59. The van der Waals surface area contributed by atoms with E-state index in [9.17, 15) is 9.59 Å². The lowest BCUT2D eigenvalue weighted by molar-refractivity contribution is -0.198. The Morgan fingerprint density at radius 2 is 1.21 bits per heavy atom. The van der Waals surface area contributed by atoms with Crippen LogP contribution in [0.1, 0.15) is 30.2 Å². The first-order valence-electron chi connectivity index (χ1n) is 10.8. The molecule has 1 aliphatic heterocycles. The van der Waals surface area contributed by atoms with Crippen LogP contribution in [0.4, 0.5) is 5.69 Å². The van der Waals surface area contributed by atoms with Crippen molar-refractivity contribution in [2.24, 2.45) is 11.3 Å². The number of para-hydroxylation sites is 1. The molecule has 0 amide bonds. The van der Waals surface area contributed by atoms with Crippen LogP contribution < -0.4 is 5.06 Å². The third-order valence-corrected chi connectivity index (χ3v) is 6.37. The van der Waals surface area contributed by atoms with E-state index in [4.69, 9.17) is 14.3 Å². The van der Waals surface area contributed by atoms with Crippen molar-refractivity contribution in [2.45, 2.75) is 19.1 Å². The van der Waals surface area contributed by atoms with Crippen LogP contribution in [0.2, 0.25) is 0 Å². The average Bonchev–Trinajstić information content (AvgIpc) is 2.89. The molecule has 0 spiro atoms. The highest BCUT2D eigenvalue weighted by Gasteiger charge is 2.66. The second-order valence-electron chi connectivity index (χ2n) is 8.05. The Labute approximate surface area is 193 Å². The SMILES string of the molecule is COC(=O)C1(C(=O)OC)[C@H](C)[C@H](c2ccccc2)ON(c2ccccc2)[C@@H]1c1ccccc1. The highest BCUT2D eigenvalue weighted by Crippen LogP contribution is 2.56. The van der Waals surface area contributed by atoms with Gasteiger partial charge in [-0.15, -0.1) is 0 Å². The van der Waals surface area contributed by atoms with Crippen molar-refractivity contribution in [1.82, 2.24) is 0 Å². The van der Waals surface area contributed by atoms with E-state index in [0.717, 1.165) is 11.1 Å². The summed E-state index contributed by atoms with van der Waals surface area (Å²) in [5, 5.41) is 1.65. The fraction of sp³-hybridized carbons (Fsp3) is 0.259. The minimum Gasteiger partial charge on any atom is -0.468 e. The third-order valence-electron chi connectivity index (χ3n) is 6.37. The molecule has 6 nitrogen and oxygen atoms in total. The van der Waals surface area contributed by atoms with E-state index in [2.05, 4.69) is 0 Å². The predicted octanol–water partition coefficient (Wildman–Crippen LogP) is 4.89. The monoisotopic (exact) mass is 445 g/mol. The molecule has 0 aliphatic carbocycles. The van der Waals surface area contributed by atoms with Crippen LogP contribution in [0.3, 0.4) is 0 Å². The first kappa shape index (κ1) is 22.6. The molecule has 1 fully saturated rings. The zero-order valence-corrected chi connectivity index (χ0v) is 18.9. The van der Waals surface area contributed by atoms with E-state index in [1.165, 1.54) is 14.2 Å². The summed E-state index contributed by atoms with van der Waals surface area (Å²) in [4.78, 5) is 33.9. The summed E-state index contributed by atoms with van der Waals surface area (Å²) in [6.45, 7) is 1.84. The molecule has 0 radical (unpaired) electrons. The normalized spacial score (nSPS) is 21.8. The Bertz CT molecular complexity index is 1070. The third kappa shape index (κ3) is 3.76. The second kappa shape index (κ2) is 9.46. The Morgan fingerprint density at radius 1 is 0.758 bits per heavy atom. The van der Waals surface area contributed by atoms with Crippen LogP contribution in [0.5, 0.6) is 0 Å². The Kier molecular flexibility index (Phi) is 6.47. The van der Waals surface area contributed by atoms with E-state index < -0.39 is 35.4 Å². The quantitative estimate of drug-likeness (QED) is 0.412. The van der Waals surface area contributed by atoms with Crippen LogP contribution in [-0.4, -0.2) is 26.2 Å². The number of carbonyl (C=O) groups excluding carboxylic acids is 2. The molecule has 33 heavy (non-hydrogen) atoms. The molecule has 1 heterocycles. The lowest BCUT2D eigenvalue weighted by Gasteiger charge is -2.52. The molecule has 6 heteroatoms. The van der Waals surface area contributed by atoms with E-state index >= 15 is 0 Å². The Morgan fingerprint density at radius 3 is 1.70 bits per heavy atom. The van der Waals surface area contributed by atoms with Crippen molar-refractivity contribution >= 4 is 17.6 Å². The average molecular weight is 446 g/mol. The van der Waals surface area contributed by atoms with E-state index in [1.807, 2.05) is 97.9 Å². The molecule has 0 bridgehead atoms. The van der Waals surface area contributed by atoms with Gasteiger partial charge in [0.15, 0.2) is 5.41 Å². The minimum absolute atomic E-state index is 0.607. The largest absolute Gasteiger partial charge is 0.468 e. The molecule has 170 valence electrons. The van der Waals surface area contributed by atoms with Gasteiger partial charge in [0, 0.05) is 5.92 Å². The van der Waals surface area contributed by atoms with Crippen LogP contribution in [0.15, 0.2) is 91.0 Å². The van der Waals surface area contributed by atoms with E-state index in [1.54, 1.807) is 5.06 Å². The summed E-state index contributed by atoms with van der Waals surface area (Å²) in [6, 6.07) is 27.5. The Hall–Kier alpha value is -3.64. The number of hydrogen-bond donors (Lipinski definition) is 0. The lowest BCUT2D eigenvalue weighted by Crippen LogP contribution is -2.61. The molecule has 3 aromatic rings. The van der Waals surface area contributed by atoms with Crippen molar-refractivity contribution in [3.63, 3.8) is 0 Å². The topological polar surface area (TPSA) is 65.1 Å². The molecule has 1 aliphatic rings. The van der Waals surface area contributed by atoms with Gasteiger partial charge in [0.2, 0.25) is 0 Å². The van der Waals surface area contributed by atoms with Gasteiger partial charge in [-0.05, 0) is 23.3 Å². The number of esters is 2. The fourth-order valence-corrected chi connectivity index (χ4v) is 4.77. The van der Waals surface area contributed by atoms with Gasteiger partial charge in [0.25, 0.3) is 0 Å². The summed E-state index contributed by atoms with van der Waals surface area (Å²) in [6.07, 6.45) is -0.607. The van der Waals surface area contributed by atoms with E-state index in [-0.39, 0.29) is 0 Å². The number of ether oxygens (including phenoxy) is 2. The first-order valence-corrected chi connectivity index (χ1v) is 10.8. The van der Waals surface area contributed by atoms with Crippen molar-refractivity contribution in [2.75, 3.05) is 19.3 Å². The molecule has 4 rings (SSSR count). The number of nitrogens with zero attached hydrogens (tertiary/aromatic N) is 1. The van der Waals surface area contributed by atoms with Gasteiger partial charge < -0.3 is 9.47 Å². The zero-order valence-electron chi connectivity index (χ0n) is 18.9. The number of hydrogen-bond acceptors (Lipinski definition) is 6. The van der Waals surface area contributed by atoms with Crippen LogP contribution in [-0.2, 0) is 23.9 Å². The van der Waals surface area contributed by atoms with Gasteiger partial charge in [-0.1, -0.05) is 85.8 Å². The minimum atomic E-state index is -1.69. The summed E-state index contributed by atoms with van der Waals surface area (Å²) in [5.74, 6) is -1.94. The second-order valence-corrected chi connectivity index (χ2v) is 8.05. The van der Waals surface area contributed by atoms with Gasteiger partial charge >= 0.3 is 11.9 Å². The van der Waals surface area contributed by atoms with Gasteiger partial charge in [0.1, 0.15) is 12.1 Å². The van der Waals surface area contributed by atoms with E-state index in [0.29, 0.717) is 5.69 Å². The molecular formula is C27H27NO5. The summed E-state index contributed by atoms with van der Waals surface area (Å²) in [5.41, 5.74) is 0.584. The maximum Gasteiger partial charge on any atom is 0.326 e. The highest BCUT2D eigenvalue weighted by molar-refractivity contribution is 6.02.